The summed E-state index contributed by atoms with van der Waals surface area (Å²) >= 11 is 0. The molecule has 9 heteroatoms. The number of hydrogen-bond acceptors (Lipinski definition) is 6. The van der Waals surface area contributed by atoms with Gasteiger partial charge in [0.2, 0.25) is 5.88 Å². The van der Waals surface area contributed by atoms with Crippen LogP contribution in [0.15, 0.2) is 41.5 Å². The van der Waals surface area contributed by atoms with Crippen LogP contribution in [0, 0.1) is 0 Å². The third-order valence-electron chi connectivity index (χ3n) is 5.25. The number of pyridine rings is 1. The highest BCUT2D eigenvalue weighted by Gasteiger charge is 2.21. The van der Waals surface area contributed by atoms with E-state index in [-0.39, 0.29) is 24.0 Å². The summed E-state index contributed by atoms with van der Waals surface area (Å²) in [6.07, 6.45) is 1.73. The molecule has 1 saturated heterocycles. The number of methoxy groups -OCH3 is 3. The van der Waals surface area contributed by atoms with Gasteiger partial charge in [-0.25, -0.2) is 4.98 Å². The molecule has 1 aliphatic rings. The number of rotatable bonds is 7. The van der Waals surface area contributed by atoms with E-state index in [1.165, 1.54) is 0 Å². The minimum atomic E-state index is 0. The van der Waals surface area contributed by atoms with Crippen molar-refractivity contribution in [3.63, 3.8) is 0 Å². The van der Waals surface area contributed by atoms with Crippen LogP contribution in [0.2, 0.25) is 0 Å². The molecule has 0 saturated carbocycles. The Hall–Kier alpha value is -2.27. The number of nitrogens with one attached hydrogen (secondary N) is 1. The number of nitrogens with zero attached hydrogens (tertiary/aromatic N) is 4. The molecule has 3 rings (SSSR count). The van der Waals surface area contributed by atoms with E-state index in [0.717, 1.165) is 61.3 Å². The normalized spacial score (nSPS) is 14.6. The lowest BCUT2D eigenvalue weighted by Gasteiger charge is -2.36. The SMILES string of the molecule is CN=C(NCc1cccnc1OC)N1CCN(Cc2cc(OC)ccc2OC)CC1.I. The van der Waals surface area contributed by atoms with Crippen LogP contribution in [0.5, 0.6) is 17.4 Å². The van der Waals surface area contributed by atoms with E-state index in [0.29, 0.717) is 12.4 Å². The first kappa shape index (κ1) is 25.0. The Morgan fingerprint density at radius 2 is 1.81 bits per heavy atom. The number of aromatic nitrogens is 1. The van der Waals surface area contributed by atoms with Gasteiger partial charge in [-0.3, -0.25) is 9.89 Å². The maximum Gasteiger partial charge on any atom is 0.218 e. The van der Waals surface area contributed by atoms with Gasteiger partial charge in [0.25, 0.3) is 0 Å². The summed E-state index contributed by atoms with van der Waals surface area (Å²) in [7, 11) is 6.84. The van der Waals surface area contributed by atoms with Crippen LogP contribution in [0.25, 0.3) is 0 Å². The van der Waals surface area contributed by atoms with Crippen molar-refractivity contribution in [1.82, 2.24) is 20.1 Å². The molecular formula is C22H32IN5O3. The van der Waals surface area contributed by atoms with Gasteiger partial charge in [0, 0.05) is 63.6 Å². The van der Waals surface area contributed by atoms with Gasteiger partial charge in [-0.15, -0.1) is 24.0 Å². The Labute approximate surface area is 201 Å². The molecule has 0 radical (unpaired) electrons. The van der Waals surface area contributed by atoms with E-state index in [2.05, 4.69) is 25.1 Å². The van der Waals surface area contributed by atoms with Crippen LogP contribution < -0.4 is 19.5 Å². The van der Waals surface area contributed by atoms with Gasteiger partial charge in [-0.1, -0.05) is 6.07 Å². The fraction of sp³-hybridized carbons (Fsp3) is 0.455. The maximum absolute atomic E-state index is 5.52. The van der Waals surface area contributed by atoms with Gasteiger partial charge < -0.3 is 24.4 Å². The topological polar surface area (TPSA) is 71.5 Å². The monoisotopic (exact) mass is 541 g/mol. The highest BCUT2D eigenvalue weighted by Crippen LogP contribution is 2.25. The molecule has 0 bridgehead atoms. The quantitative estimate of drug-likeness (QED) is 0.329. The fourth-order valence-electron chi connectivity index (χ4n) is 3.61. The maximum atomic E-state index is 5.52. The van der Waals surface area contributed by atoms with E-state index in [1.807, 2.05) is 37.4 Å². The van der Waals surface area contributed by atoms with Gasteiger partial charge in [0.05, 0.1) is 21.3 Å². The summed E-state index contributed by atoms with van der Waals surface area (Å²) in [5.41, 5.74) is 2.14. The first-order chi connectivity index (χ1) is 14.7. The molecule has 0 atom stereocenters. The molecule has 2 aromatic rings. The van der Waals surface area contributed by atoms with Crippen molar-refractivity contribution in [1.29, 1.82) is 0 Å². The lowest BCUT2D eigenvalue weighted by molar-refractivity contribution is 0.171. The average Bonchev–Trinajstić information content (AvgIpc) is 2.80. The predicted octanol–water partition coefficient (Wildman–Crippen LogP) is 2.62. The number of guanidine groups is 1. The minimum absolute atomic E-state index is 0. The summed E-state index contributed by atoms with van der Waals surface area (Å²) in [6.45, 7) is 5.12. The molecule has 1 fully saturated rings. The summed E-state index contributed by atoms with van der Waals surface area (Å²) in [5.74, 6) is 3.26. The average molecular weight is 541 g/mol. The molecular weight excluding hydrogens is 509 g/mol. The summed E-state index contributed by atoms with van der Waals surface area (Å²) < 4.78 is 16.2. The molecule has 31 heavy (non-hydrogen) atoms. The van der Waals surface area contributed by atoms with Crippen LogP contribution >= 0.6 is 24.0 Å². The number of benzene rings is 1. The van der Waals surface area contributed by atoms with E-state index in [1.54, 1.807) is 27.5 Å². The molecule has 1 N–H and O–H groups in total. The van der Waals surface area contributed by atoms with Crippen molar-refractivity contribution in [3.8, 4) is 17.4 Å². The highest BCUT2D eigenvalue weighted by molar-refractivity contribution is 14.0. The van der Waals surface area contributed by atoms with Crippen LogP contribution in [0.4, 0.5) is 0 Å². The van der Waals surface area contributed by atoms with Gasteiger partial charge in [-0.2, -0.15) is 0 Å². The van der Waals surface area contributed by atoms with E-state index in [4.69, 9.17) is 14.2 Å². The zero-order valence-corrected chi connectivity index (χ0v) is 21.0. The first-order valence-corrected chi connectivity index (χ1v) is 10.0. The van der Waals surface area contributed by atoms with Crippen molar-refractivity contribution >= 4 is 29.9 Å². The Kier molecular flexibility index (Phi) is 10.1. The zero-order chi connectivity index (χ0) is 21.3. The van der Waals surface area contributed by atoms with Crippen molar-refractivity contribution < 1.29 is 14.2 Å². The standard InChI is InChI=1S/C22H31N5O3.HI/c1-23-22(25-15-17-6-5-9-24-21(17)30-4)27-12-10-26(11-13-27)16-18-14-19(28-2)7-8-20(18)29-3;/h5-9,14H,10-13,15-16H2,1-4H3,(H,23,25);1H. The van der Waals surface area contributed by atoms with Crippen LogP contribution in [-0.2, 0) is 13.1 Å². The molecule has 0 spiro atoms. The number of aliphatic imine (C=N–C) groups is 1. The minimum Gasteiger partial charge on any atom is -0.497 e. The second-order valence-electron chi connectivity index (χ2n) is 7.01. The number of ether oxygens (including phenoxy) is 3. The van der Waals surface area contributed by atoms with Crippen molar-refractivity contribution in [2.45, 2.75) is 13.1 Å². The van der Waals surface area contributed by atoms with Gasteiger partial charge in [0.1, 0.15) is 11.5 Å². The Morgan fingerprint density at radius 1 is 1.03 bits per heavy atom. The molecule has 2 heterocycles. The summed E-state index contributed by atoms with van der Waals surface area (Å²) in [4.78, 5) is 13.4. The molecule has 1 aliphatic heterocycles. The summed E-state index contributed by atoms with van der Waals surface area (Å²) in [5, 5.41) is 3.43. The van der Waals surface area contributed by atoms with Crippen molar-refractivity contribution in [2.75, 3.05) is 54.6 Å². The second-order valence-corrected chi connectivity index (χ2v) is 7.01. The zero-order valence-electron chi connectivity index (χ0n) is 18.6. The van der Waals surface area contributed by atoms with Crippen LogP contribution in [0.1, 0.15) is 11.1 Å². The van der Waals surface area contributed by atoms with E-state index < -0.39 is 0 Å². The predicted molar refractivity (Wildman–Crippen MR) is 133 cm³/mol. The first-order valence-electron chi connectivity index (χ1n) is 10.0. The Morgan fingerprint density at radius 3 is 2.45 bits per heavy atom. The number of halogens is 1. The molecule has 0 unspecified atom stereocenters. The Bertz CT molecular complexity index is 857. The number of hydrogen-bond donors (Lipinski definition) is 1. The molecule has 1 aromatic heterocycles. The Balaban J connectivity index is 0.00000341. The molecule has 8 nitrogen and oxygen atoms in total. The van der Waals surface area contributed by atoms with Crippen molar-refractivity contribution in [3.05, 3.63) is 47.7 Å². The molecule has 170 valence electrons. The lowest BCUT2D eigenvalue weighted by atomic mass is 10.1. The van der Waals surface area contributed by atoms with E-state index in [9.17, 15) is 0 Å². The molecule has 0 amide bonds. The molecule has 1 aromatic carbocycles. The summed E-state index contributed by atoms with van der Waals surface area (Å²) in [6, 6.07) is 9.85. The highest BCUT2D eigenvalue weighted by atomic mass is 127. The van der Waals surface area contributed by atoms with Gasteiger partial charge >= 0.3 is 0 Å². The van der Waals surface area contributed by atoms with Crippen molar-refractivity contribution in [2.24, 2.45) is 4.99 Å². The molecule has 0 aliphatic carbocycles. The van der Waals surface area contributed by atoms with E-state index >= 15 is 0 Å². The number of piperazine rings is 1. The fourth-order valence-corrected chi connectivity index (χ4v) is 3.61. The second kappa shape index (κ2) is 12.6. The van der Waals surface area contributed by atoms with Gasteiger partial charge in [-0.05, 0) is 24.3 Å². The van der Waals surface area contributed by atoms with Gasteiger partial charge in [0.15, 0.2) is 5.96 Å². The smallest absolute Gasteiger partial charge is 0.218 e. The van der Waals surface area contributed by atoms with Crippen LogP contribution in [-0.4, -0.2) is 75.3 Å². The lowest BCUT2D eigenvalue weighted by Crippen LogP contribution is -2.52. The largest absolute Gasteiger partial charge is 0.497 e. The third-order valence-corrected chi connectivity index (χ3v) is 5.25. The van der Waals surface area contributed by atoms with Crippen LogP contribution in [0.3, 0.4) is 0 Å². The third kappa shape index (κ3) is 6.60.